The Morgan fingerprint density at radius 1 is 1.38 bits per heavy atom. The van der Waals surface area contributed by atoms with Crippen molar-refractivity contribution in [1.29, 1.82) is 0 Å². The lowest BCUT2D eigenvalue weighted by Crippen LogP contribution is -1.96. The van der Waals surface area contributed by atoms with Gasteiger partial charge in [0.15, 0.2) is 0 Å². The van der Waals surface area contributed by atoms with E-state index in [1.165, 1.54) is 10.9 Å². The second-order valence-corrected chi connectivity index (χ2v) is 3.37. The van der Waals surface area contributed by atoms with E-state index in [0.717, 1.165) is 5.52 Å². The lowest BCUT2D eigenvalue weighted by molar-refractivity contribution is 0.273. The number of aliphatic hydroxyl groups is 1. The Bertz CT molecular complexity index is 405. The Balaban J connectivity index is 2.57. The average Bonchev–Trinajstić information content (AvgIpc) is 2.60. The normalized spacial score (nSPS) is 13.4. The molecule has 2 aromatic rings. The van der Waals surface area contributed by atoms with Crippen molar-refractivity contribution in [2.75, 3.05) is 6.61 Å². The third-order valence-corrected chi connectivity index (χ3v) is 2.43. The number of rotatable bonds is 2. The van der Waals surface area contributed by atoms with Crippen LogP contribution in [0.3, 0.4) is 0 Å². The quantitative estimate of drug-likeness (QED) is 0.721. The van der Waals surface area contributed by atoms with Crippen molar-refractivity contribution in [3.8, 4) is 0 Å². The van der Waals surface area contributed by atoms with Crippen LogP contribution >= 0.6 is 0 Å². The van der Waals surface area contributed by atoms with Crippen LogP contribution in [0.4, 0.5) is 0 Å². The first-order chi connectivity index (χ1) is 6.33. The molecule has 0 aliphatic rings. The number of aromatic amines is 1. The van der Waals surface area contributed by atoms with Crippen molar-refractivity contribution < 1.29 is 5.11 Å². The minimum absolute atomic E-state index is 0.196. The Morgan fingerprint density at radius 3 is 2.92 bits per heavy atom. The summed E-state index contributed by atoms with van der Waals surface area (Å²) in [6.45, 7) is 2.22. The van der Waals surface area contributed by atoms with Gasteiger partial charge in [-0.25, -0.2) is 0 Å². The highest BCUT2D eigenvalue weighted by molar-refractivity contribution is 5.83. The summed E-state index contributed by atoms with van der Waals surface area (Å²) in [5.74, 6) is 0.205. The van der Waals surface area contributed by atoms with Crippen molar-refractivity contribution in [2.24, 2.45) is 0 Å². The molecule has 0 amide bonds. The van der Waals surface area contributed by atoms with Gasteiger partial charge in [0, 0.05) is 29.6 Å². The molecule has 2 rings (SSSR count). The summed E-state index contributed by atoms with van der Waals surface area (Å²) in [5.41, 5.74) is 2.33. The average molecular weight is 175 g/mol. The van der Waals surface area contributed by atoms with Crippen LogP contribution in [0.5, 0.6) is 0 Å². The molecule has 0 aliphatic carbocycles. The zero-order valence-corrected chi connectivity index (χ0v) is 7.62. The number of benzene rings is 1. The van der Waals surface area contributed by atoms with Gasteiger partial charge < -0.3 is 10.1 Å². The van der Waals surface area contributed by atoms with E-state index in [0.29, 0.717) is 0 Å². The second-order valence-electron chi connectivity index (χ2n) is 3.37. The van der Waals surface area contributed by atoms with Crippen molar-refractivity contribution in [3.63, 3.8) is 0 Å². The topological polar surface area (TPSA) is 36.0 Å². The maximum absolute atomic E-state index is 9.05. The molecule has 1 heterocycles. The van der Waals surface area contributed by atoms with E-state index < -0.39 is 0 Å². The highest BCUT2D eigenvalue weighted by Gasteiger charge is 2.08. The van der Waals surface area contributed by atoms with E-state index in [-0.39, 0.29) is 12.5 Å². The van der Waals surface area contributed by atoms with Crippen LogP contribution < -0.4 is 0 Å². The summed E-state index contributed by atoms with van der Waals surface area (Å²) >= 11 is 0. The van der Waals surface area contributed by atoms with Gasteiger partial charge in [-0.3, -0.25) is 0 Å². The molecule has 0 saturated carbocycles. The molecule has 1 aromatic carbocycles. The van der Waals surface area contributed by atoms with Gasteiger partial charge >= 0.3 is 0 Å². The molecular formula is C11H13NO. The van der Waals surface area contributed by atoms with Gasteiger partial charge in [-0.2, -0.15) is 0 Å². The van der Waals surface area contributed by atoms with E-state index in [1.807, 2.05) is 31.3 Å². The van der Waals surface area contributed by atoms with Gasteiger partial charge in [0.05, 0.1) is 0 Å². The van der Waals surface area contributed by atoms with Crippen molar-refractivity contribution >= 4 is 10.9 Å². The molecule has 1 atom stereocenters. The lowest BCUT2D eigenvalue weighted by Gasteiger charge is -2.04. The molecule has 2 N–H and O–H groups in total. The van der Waals surface area contributed by atoms with Crippen LogP contribution in [0.1, 0.15) is 18.4 Å². The molecule has 2 nitrogen and oxygen atoms in total. The Labute approximate surface area is 77.2 Å². The number of fused-ring (bicyclic) bond motifs is 1. The largest absolute Gasteiger partial charge is 0.396 e. The third kappa shape index (κ3) is 1.33. The van der Waals surface area contributed by atoms with Gasteiger partial charge in [-0.1, -0.05) is 25.1 Å². The van der Waals surface area contributed by atoms with E-state index in [2.05, 4.69) is 11.1 Å². The molecule has 13 heavy (non-hydrogen) atoms. The molecule has 0 spiro atoms. The molecular weight excluding hydrogens is 162 g/mol. The summed E-state index contributed by atoms with van der Waals surface area (Å²) in [5, 5.41) is 10.3. The van der Waals surface area contributed by atoms with Gasteiger partial charge in [0.1, 0.15) is 0 Å². The Morgan fingerprint density at radius 2 is 2.15 bits per heavy atom. The fourth-order valence-electron chi connectivity index (χ4n) is 1.60. The highest BCUT2D eigenvalue weighted by Crippen LogP contribution is 2.24. The zero-order valence-electron chi connectivity index (χ0n) is 7.62. The summed E-state index contributed by atoms with van der Waals surface area (Å²) in [7, 11) is 0. The van der Waals surface area contributed by atoms with Gasteiger partial charge in [-0.05, 0) is 11.6 Å². The highest BCUT2D eigenvalue weighted by atomic mass is 16.3. The minimum Gasteiger partial charge on any atom is -0.396 e. The molecule has 68 valence electrons. The number of aliphatic hydroxyl groups excluding tert-OH is 1. The predicted molar refractivity (Wildman–Crippen MR) is 53.8 cm³/mol. The van der Waals surface area contributed by atoms with Crippen LogP contribution in [0.25, 0.3) is 10.9 Å². The molecule has 2 heteroatoms. The van der Waals surface area contributed by atoms with Crippen LogP contribution in [0.2, 0.25) is 0 Å². The van der Waals surface area contributed by atoms with E-state index in [9.17, 15) is 0 Å². The molecule has 0 unspecified atom stereocenters. The fraction of sp³-hybridized carbons (Fsp3) is 0.273. The lowest BCUT2D eigenvalue weighted by atomic mass is 10.0. The first-order valence-corrected chi connectivity index (χ1v) is 4.50. The van der Waals surface area contributed by atoms with Crippen LogP contribution in [-0.4, -0.2) is 16.7 Å². The fourth-order valence-corrected chi connectivity index (χ4v) is 1.60. The van der Waals surface area contributed by atoms with E-state index in [4.69, 9.17) is 5.11 Å². The smallest absolute Gasteiger partial charge is 0.0497 e. The molecule has 0 aliphatic heterocycles. The zero-order chi connectivity index (χ0) is 9.26. The van der Waals surface area contributed by atoms with Crippen LogP contribution in [0.15, 0.2) is 30.5 Å². The summed E-state index contributed by atoms with van der Waals surface area (Å²) in [6.07, 6.45) is 1.98. The number of para-hydroxylation sites is 1. The van der Waals surface area contributed by atoms with Crippen LogP contribution in [-0.2, 0) is 0 Å². The standard InChI is InChI=1S/C11H13NO/c1-8(7-13)10-6-12-11-5-3-2-4-9(10)11/h2-6,8,12-13H,7H2,1H3/t8-/m1/s1. The van der Waals surface area contributed by atoms with Crippen molar-refractivity contribution in [3.05, 3.63) is 36.0 Å². The predicted octanol–water partition coefficient (Wildman–Crippen LogP) is 2.26. The van der Waals surface area contributed by atoms with E-state index >= 15 is 0 Å². The third-order valence-electron chi connectivity index (χ3n) is 2.43. The number of nitrogens with one attached hydrogen (secondary N) is 1. The Hall–Kier alpha value is -1.28. The minimum atomic E-state index is 0.196. The monoisotopic (exact) mass is 175 g/mol. The molecule has 0 bridgehead atoms. The first-order valence-electron chi connectivity index (χ1n) is 4.50. The number of H-pyrrole nitrogens is 1. The van der Waals surface area contributed by atoms with Gasteiger partial charge in [0.2, 0.25) is 0 Å². The Kier molecular flexibility index (Phi) is 2.07. The maximum Gasteiger partial charge on any atom is 0.0497 e. The molecule has 0 saturated heterocycles. The molecule has 0 radical (unpaired) electrons. The maximum atomic E-state index is 9.05. The molecule has 1 aromatic heterocycles. The SMILES string of the molecule is C[C@H](CO)c1c[nH]c2ccccc12. The molecule has 0 fully saturated rings. The van der Waals surface area contributed by atoms with E-state index in [1.54, 1.807) is 0 Å². The van der Waals surface area contributed by atoms with Gasteiger partial charge in [-0.15, -0.1) is 0 Å². The first kappa shape index (κ1) is 8.32. The number of hydrogen-bond acceptors (Lipinski definition) is 1. The van der Waals surface area contributed by atoms with Gasteiger partial charge in [0.25, 0.3) is 0 Å². The second kappa shape index (κ2) is 3.23. The summed E-state index contributed by atoms with van der Waals surface area (Å²) < 4.78 is 0. The number of aromatic nitrogens is 1. The summed E-state index contributed by atoms with van der Waals surface area (Å²) in [6, 6.07) is 8.15. The number of hydrogen-bond donors (Lipinski definition) is 2. The van der Waals surface area contributed by atoms with Crippen LogP contribution in [0, 0.1) is 0 Å². The van der Waals surface area contributed by atoms with Crippen molar-refractivity contribution in [1.82, 2.24) is 4.98 Å². The summed E-state index contributed by atoms with van der Waals surface area (Å²) in [4.78, 5) is 3.19. The van der Waals surface area contributed by atoms with Crippen molar-refractivity contribution in [2.45, 2.75) is 12.8 Å².